The Hall–Kier alpha value is -2.11. The third kappa shape index (κ3) is 3.26. The van der Waals surface area contributed by atoms with Gasteiger partial charge in [0.15, 0.2) is 0 Å². The van der Waals surface area contributed by atoms with E-state index in [9.17, 15) is 15.2 Å². The van der Waals surface area contributed by atoms with Gasteiger partial charge in [-0.2, -0.15) is 0 Å². The zero-order valence-corrected chi connectivity index (χ0v) is 11.4. The smallest absolute Gasteiger partial charge is 0.271 e. The Morgan fingerprint density at radius 3 is 2.40 bits per heavy atom. The first-order valence-corrected chi connectivity index (χ1v) is 6.25. The Balaban J connectivity index is 2.19. The fourth-order valence-corrected chi connectivity index (χ4v) is 1.84. The van der Waals surface area contributed by atoms with Crippen molar-refractivity contribution >= 4 is 17.3 Å². The standard InChI is InChI=1S/C14H12ClNO4/c1-9(17)10-2-5-12(6-3-10)20-14-7-4-11(16(18)19)8-13(14)15/h2-9,17H,1H3/t9-/m0/s1. The topological polar surface area (TPSA) is 72.6 Å². The molecule has 1 N–H and O–H groups in total. The lowest BCUT2D eigenvalue weighted by Crippen LogP contribution is -1.92. The molecule has 0 unspecified atom stereocenters. The van der Waals surface area contributed by atoms with Gasteiger partial charge in [-0.3, -0.25) is 10.1 Å². The predicted octanol–water partition coefficient (Wildman–Crippen LogP) is 4.09. The van der Waals surface area contributed by atoms with Crippen molar-refractivity contribution < 1.29 is 14.8 Å². The van der Waals surface area contributed by atoms with Crippen molar-refractivity contribution in [2.24, 2.45) is 0 Å². The molecule has 0 heterocycles. The summed E-state index contributed by atoms with van der Waals surface area (Å²) in [7, 11) is 0. The third-order valence-corrected chi connectivity index (χ3v) is 3.01. The van der Waals surface area contributed by atoms with Crippen molar-refractivity contribution in [1.29, 1.82) is 0 Å². The molecule has 0 saturated carbocycles. The molecule has 0 aliphatic heterocycles. The molecule has 0 amide bonds. The maximum atomic E-state index is 10.6. The number of non-ortho nitro benzene ring substituents is 1. The summed E-state index contributed by atoms with van der Waals surface area (Å²) in [6, 6.07) is 10.9. The van der Waals surface area contributed by atoms with Gasteiger partial charge < -0.3 is 9.84 Å². The molecule has 0 spiro atoms. The van der Waals surface area contributed by atoms with Gasteiger partial charge in [0.1, 0.15) is 11.5 Å². The number of nitro benzene ring substituents is 1. The highest BCUT2D eigenvalue weighted by atomic mass is 35.5. The number of hydrogen-bond acceptors (Lipinski definition) is 4. The minimum Gasteiger partial charge on any atom is -0.456 e. The number of nitrogens with zero attached hydrogens (tertiary/aromatic N) is 1. The molecule has 0 aliphatic rings. The molecule has 20 heavy (non-hydrogen) atoms. The Morgan fingerprint density at radius 2 is 1.90 bits per heavy atom. The lowest BCUT2D eigenvalue weighted by Gasteiger charge is -2.09. The first-order valence-electron chi connectivity index (χ1n) is 5.87. The Morgan fingerprint density at radius 1 is 1.25 bits per heavy atom. The Kier molecular flexibility index (Phi) is 4.22. The molecule has 2 aromatic rings. The number of aliphatic hydroxyl groups is 1. The van der Waals surface area contributed by atoms with E-state index in [2.05, 4.69) is 0 Å². The highest BCUT2D eigenvalue weighted by Gasteiger charge is 2.11. The largest absolute Gasteiger partial charge is 0.456 e. The zero-order chi connectivity index (χ0) is 14.7. The molecular weight excluding hydrogens is 282 g/mol. The van der Waals surface area contributed by atoms with Crippen LogP contribution in [0.5, 0.6) is 11.5 Å². The molecule has 0 aliphatic carbocycles. The quantitative estimate of drug-likeness (QED) is 0.680. The van der Waals surface area contributed by atoms with E-state index in [1.165, 1.54) is 18.2 Å². The maximum absolute atomic E-state index is 10.6. The van der Waals surface area contributed by atoms with Gasteiger partial charge in [0, 0.05) is 12.1 Å². The van der Waals surface area contributed by atoms with Crippen molar-refractivity contribution in [1.82, 2.24) is 0 Å². The summed E-state index contributed by atoms with van der Waals surface area (Å²) in [4.78, 5) is 10.1. The minimum absolute atomic E-state index is 0.0909. The summed E-state index contributed by atoms with van der Waals surface area (Å²) in [5.41, 5.74) is 0.680. The van der Waals surface area contributed by atoms with Gasteiger partial charge in [0.25, 0.3) is 5.69 Å². The zero-order valence-electron chi connectivity index (χ0n) is 10.6. The van der Waals surface area contributed by atoms with Gasteiger partial charge in [-0.25, -0.2) is 0 Å². The minimum atomic E-state index is -0.549. The van der Waals surface area contributed by atoms with Crippen LogP contribution in [0.25, 0.3) is 0 Å². The fourth-order valence-electron chi connectivity index (χ4n) is 1.63. The van der Waals surface area contributed by atoms with E-state index in [4.69, 9.17) is 16.3 Å². The molecule has 1 atom stereocenters. The summed E-state index contributed by atoms with van der Waals surface area (Å²) in [6.45, 7) is 1.67. The Labute approximate surface area is 120 Å². The van der Waals surface area contributed by atoms with E-state index in [1.54, 1.807) is 31.2 Å². The summed E-state index contributed by atoms with van der Waals surface area (Å²) >= 11 is 5.94. The van der Waals surface area contributed by atoms with E-state index in [-0.39, 0.29) is 10.7 Å². The molecule has 0 bridgehead atoms. The van der Waals surface area contributed by atoms with Crippen LogP contribution in [-0.2, 0) is 0 Å². The highest BCUT2D eigenvalue weighted by molar-refractivity contribution is 6.32. The molecule has 0 radical (unpaired) electrons. The second-order valence-electron chi connectivity index (χ2n) is 4.22. The van der Waals surface area contributed by atoms with Crippen molar-refractivity contribution in [3.05, 3.63) is 63.2 Å². The molecule has 0 saturated heterocycles. The number of nitro groups is 1. The fraction of sp³-hybridized carbons (Fsp3) is 0.143. The summed E-state index contributed by atoms with van der Waals surface area (Å²) in [6.07, 6.45) is -0.549. The van der Waals surface area contributed by atoms with E-state index in [1.807, 2.05) is 0 Å². The number of aliphatic hydroxyl groups excluding tert-OH is 1. The summed E-state index contributed by atoms with van der Waals surface area (Å²) in [5, 5.41) is 20.2. The molecular formula is C14H12ClNO4. The molecule has 2 rings (SSSR count). The van der Waals surface area contributed by atoms with E-state index in [0.29, 0.717) is 11.5 Å². The van der Waals surface area contributed by atoms with E-state index >= 15 is 0 Å². The molecule has 2 aromatic carbocycles. The van der Waals surface area contributed by atoms with Crippen molar-refractivity contribution in [3.8, 4) is 11.5 Å². The number of halogens is 1. The van der Waals surface area contributed by atoms with Crippen molar-refractivity contribution in [2.75, 3.05) is 0 Å². The predicted molar refractivity (Wildman–Crippen MR) is 75.3 cm³/mol. The number of hydrogen-bond donors (Lipinski definition) is 1. The molecule has 0 aromatic heterocycles. The Bertz CT molecular complexity index is 626. The lowest BCUT2D eigenvalue weighted by molar-refractivity contribution is -0.384. The number of benzene rings is 2. The highest BCUT2D eigenvalue weighted by Crippen LogP contribution is 2.32. The first-order chi connectivity index (χ1) is 9.47. The maximum Gasteiger partial charge on any atom is 0.271 e. The number of rotatable bonds is 4. The van der Waals surface area contributed by atoms with Gasteiger partial charge in [-0.15, -0.1) is 0 Å². The summed E-state index contributed by atoms with van der Waals surface area (Å²) in [5.74, 6) is 0.868. The van der Waals surface area contributed by atoms with Gasteiger partial charge in [0.05, 0.1) is 16.0 Å². The second kappa shape index (κ2) is 5.90. The summed E-state index contributed by atoms with van der Waals surface area (Å²) < 4.78 is 5.54. The van der Waals surface area contributed by atoms with Crippen LogP contribution in [-0.4, -0.2) is 10.0 Å². The van der Waals surface area contributed by atoms with E-state index < -0.39 is 11.0 Å². The SMILES string of the molecule is C[C@H](O)c1ccc(Oc2ccc([N+](=O)[O-])cc2Cl)cc1. The van der Waals surface area contributed by atoms with Gasteiger partial charge >= 0.3 is 0 Å². The van der Waals surface area contributed by atoms with Crippen molar-refractivity contribution in [2.45, 2.75) is 13.0 Å². The van der Waals surface area contributed by atoms with Crippen LogP contribution >= 0.6 is 11.6 Å². The van der Waals surface area contributed by atoms with E-state index in [0.717, 1.165) is 5.56 Å². The van der Waals surface area contributed by atoms with Crippen LogP contribution in [0.15, 0.2) is 42.5 Å². The second-order valence-corrected chi connectivity index (χ2v) is 4.63. The van der Waals surface area contributed by atoms with Crippen LogP contribution in [0.4, 0.5) is 5.69 Å². The van der Waals surface area contributed by atoms with Gasteiger partial charge in [-0.1, -0.05) is 23.7 Å². The normalized spacial score (nSPS) is 11.9. The van der Waals surface area contributed by atoms with Crippen LogP contribution in [0.1, 0.15) is 18.6 Å². The number of ether oxygens (including phenoxy) is 1. The molecule has 6 heteroatoms. The van der Waals surface area contributed by atoms with Gasteiger partial charge in [-0.05, 0) is 30.7 Å². The van der Waals surface area contributed by atoms with Crippen LogP contribution < -0.4 is 4.74 Å². The first kappa shape index (κ1) is 14.3. The molecule has 5 nitrogen and oxygen atoms in total. The molecule has 0 fully saturated rings. The van der Waals surface area contributed by atoms with Crippen LogP contribution in [0.3, 0.4) is 0 Å². The molecule has 104 valence electrons. The van der Waals surface area contributed by atoms with Crippen LogP contribution in [0.2, 0.25) is 5.02 Å². The third-order valence-electron chi connectivity index (χ3n) is 2.72. The average molecular weight is 294 g/mol. The average Bonchev–Trinajstić information content (AvgIpc) is 2.41. The van der Waals surface area contributed by atoms with Crippen molar-refractivity contribution in [3.63, 3.8) is 0 Å². The van der Waals surface area contributed by atoms with Crippen LogP contribution in [0, 0.1) is 10.1 Å². The van der Waals surface area contributed by atoms with Gasteiger partial charge in [0.2, 0.25) is 0 Å². The monoisotopic (exact) mass is 293 g/mol. The lowest BCUT2D eigenvalue weighted by atomic mass is 10.1.